The molecule has 1 unspecified atom stereocenters. The summed E-state index contributed by atoms with van der Waals surface area (Å²) in [6, 6.07) is 12.1. The van der Waals surface area contributed by atoms with Crippen LogP contribution in [0.2, 0.25) is 0 Å². The zero-order valence-corrected chi connectivity index (χ0v) is 23.5. The van der Waals surface area contributed by atoms with Crippen LogP contribution < -0.4 is 20.1 Å². The van der Waals surface area contributed by atoms with E-state index in [1.54, 1.807) is 26.6 Å². The number of ether oxygens (including phenoxy) is 2. The summed E-state index contributed by atoms with van der Waals surface area (Å²) in [6.45, 7) is 3.96. The maximum absolute atomic E-state index is 10.5. The van der Waals surface area contributed by atoms with Crippen molar-refractivity contribution in [2.24, 2.45) is 16.6 Å². The Labute approximate surface area is 236 Å². The van der Waals surface area contributed by atoms with Crippen LogP contribution in [0.4, 0.5) is 11.4 Å². The summed E-state index contributed by atoms with van der Waals surface area (Å²) < 4.78 is 11.1. The third-order valence-electron chi connectivity index (χ3n) is 7.56. The fourth-order valence-corrected chi connectivity index (χ4v) is 5.14. The fourth-order valence-electron chi connectivity index (χ4n) is 5.14. The van der Waals surface area contributed by atoms with E-state index in [-0.39, 0.29) is 0 Å². The van der Waals surface area contributed by atoms with Gasteiger partial charge in [-0.05, 0) is 62.9 Å². The highest BCUT2D eigenvalue weighted by molar-refractivity contribution is 6.09. The van der Waals surface area contributed by atoms with E-state index in [9.17, 15) is 5.11 Å². The highest BCUT2D eigenvalue weighted by Gasteiger charge is 2.26. The number of fused-ring (bicyclic) bond motifs is 1. The minimum Gasteiger partial charge on any atom is -0.497 e. The molecule has 2 aromatic carbocycles. The average molecular weight is 545 g/mol. The van der Waals surface area contributed by atoms with Gasteiger partial charge in [0, 0.05) is 60.7 Å². The number of rotatable bonds is 12. The van der Waals surface area contributed by atoms with Crippen molar-refractivity contribution < 1.29 is 14.6 Å². The molecule has 1 saturated carbocycles. The molecular formula is C31H40N6O3. The number of methoxy groups -OCH3 is 2. The number of aliphatic imine (C=N–C) groups is 1. The molecule has 1 atom stereocenters. The van der Waals surface area contributed by atoms with Gasteiger partial charge in [-0.25, -0.2) is 4.98 Å². The largest absolute Gasteiger partial charge is 0.497 e. The van der Waals surface area contributed by atoms with Gasteiger partial charge < -0.3 is 30.1 Å². The van der Waals surface area contributed by atoms with Gasteiger partial charge in [0.1, 0.15) is 11.5 Å². The summed E-state index contributed by atoms with van der Waals surface area (Å²) in [6.07, 6.45) is 10.5. The van der Waals surface area contributed by atoms with Crippen molar-refractivity contribution in [3.8, 4) is 11.5 Å². The van der Waals surface area contributed by atoms with Crippen LogP contribution in [0.25, 0.3) is 16.6 Å². The van der Waals surface area contributed by atoms with Gasteiger partial charge in [-0.2, -0.15) is 0 Å². The van der Waals surface area contributed by atoms with E-state index in [1.165, 1.54) is 38.3 Å². The van der Waals surface area contributed by atoms with Gasteiger partial charge in [-0.15, -0.1) is 0 Å². The summed E-state index contributed by atoms with van der Waals surface area (Å²) >= 11 is 0. The lowest BCUT2D eigenvalue weighted by atomic mass is 10.1. The summed E-state index contributed by atoms with van der Waals surface area (Å²) in [5.41, 5.74) is 10.9. The zero-order valence-electron chi connectivity index (χ0n) is 23.5. The first kappa shape index (κ1) is 27.9. The van der Waals surface area contributed by atoms with Gasteiger partial charge in [0.25, 0.3) is 0 Å². The van der Waals surface area contributed by atoms with Gasteiger partial charge in [-0.3, -0.25) is 9.98 Å². The minimum absolute atomic E-state index is 0.319. The Morgan fingerprint density at radius 3 is 2.50 bits per heavy atom. The lowest BCUT2D eigenvalue weighted by Gasteiger charge is -2.27. The number of anilines is 2. The Balaban J connectivity index is 1.36. The van der Waals surface area contributed by atoms with Gasteiger partial charge in [-0.1, -0.05) is 6.42 Å². The molecule has 9 heteroatoms. The number of likely N-dealkylation sites (tertiary alicyclic amines) is 1. The van der Waals surface area contributed by atoms with Crippen molar-refractivity contribution in [3.05, 3.63) is 54.5 Å². The number of nitrogens with two attached hydrogens (primary N) is 1. The van der Waals surface area contributed by atoms with E-state index in [0.717, 1.165) is 53.5 Å². The lowest BCUT2D eigenvalue weighted by molar-refractivity contribution is 0.107. The molecule has 1 aliphatic heterocycles. The third kappa shape index (κ3) is 7.08. The van der Waals surface area contributed by atoms with E-state index in [4.69, 9.17) is 20.2 Å². The summed E-state index contributed by atoms with van der Waals surface area (Å²) in [5, 5.41) is 10.5. The van der Waals surface area contributed by atoms with Crippen LogP contribution >= 0.6 is 0 Å². The van der Waals surface area contributed by atoms with Crippen LogP contribution in [0.1, 0.15) is 37.8 Å². The second kappa shape index (κ2) is 13.1. The number of aromatic nitrogens is 2. The molecule has 2 heterocycles. The quantitative estimate of drug-likeness (QED) is 0.323. The number of hydrogen-bond donors (Lipinski definition) is 2. The molecule has 3 aromatic rings. The van der Waals surface area contributed by atoms with Crippen LogP contribution in [-0.4, -0.2) is 79.2 Å². The Kier molecular flexibility index (Phi) is 9.13. The molecule has 40 heavy (non-hydrogen) atoms. The second-order valence-corrected chi connectivity index (χ2v) is 10.7. The number of nitrogens with zero attached hydrogens (tertiary/aromatic N) is 5. The molecule has 1 aromatic heterocycles. The lowest BCUT2D eigenvalue weighted by Crippen LogP contribution is -2.37. The second-order valence-electron chi connectivity index (χ2n) is 10.7. The van der Waals surface area contributed by atoms with Gasteiger partial charge in [0.15, 0.2) is 0 Å². The van der Waals surface area contributed by atoms with Gasteiger partial charge >= 0.3 is 0 Å². The van der Waals surface area contributed by atoms with Crippen LogP contribution in [0.5, 0.6) is 11.5 Å². The monoisotopic (exact) mass is 544 g/mol. The number of aliphatic hydroxyl groups excluding tert-OH is 1. The highest BCUT2D eigenvalue weighted by atomic mass is 16.5. The maximum Gasteiger partial charge on any atom is 0.124 e. The molecule has 1 saturated heterocycles. The number of allylic oxidation sites excluding steroid dienone is 1. The van der Waals surface area contributed by atoms with Crippen molar-refractivity contribution in [2.75, 3.05) is 51.8 Å². The van der Waals surface area contributed by atoms with Crippen molar-refractivity contribution in [1.29, 1.82) is 0 Å². The first-order valence-corrected chi connectivity index (χ1v) is 14.2. The summed E-state index contributed by atoms with van der Waals surface area (Å²) in [7, 11) is 3.33. The number of β-amino-alcohol motifs (C(OH)–C–C–N with tert-alkyl or cyclic N) is 1. The Morgan fingerprint density at radius 1 is 1.07 bits per heavy atom. The first-order chi connectivity index (χ1) is 19.6. The van der Waals surface area contributed by atoms with E-state index >= 15 is 0 Å². The number of piperidine rings is 1. The molecule has 5 rings (SSSR count). The standard InChI is InChI=1S/C31H40N6O3/c1-39-27-12-25(13-28(15-27)40-2)37(20-22-6-7-22)24-8-9-29-30(14-24)35-31(19-34-29)23(16-32)17-33-18-26(38)21-36-10-4-3-5-11-36/h8-9,12-17,19,22,26,38H,3-7,10-11,18,20-21,32H2,1-2H3. The van der Waals surface area contributed by atoms with Crippen molar-refractivity contribution >= 4 is 34.2 Å². The Bertz CT molecular complexity index is 1330. The molecule has 2 fully saturated rings. The SMILES string of the molecule is COc1cc(OC)cc(N(CC2CC2)c2ccc3ncc(C(C=NCC(O)CN4CCCCC4)=CN)nc3c2)c1. The smallest absolute Gasteiger partial charge is 0.124 e. The van der Waals surface area contributed by atoms with Crippen LogP contribution in [0, 0.1) is 5.92 Å². The van der Waals surface area contributed by atoms with Gasteiger partial charge in [0.05, 0.1) is 49.8 Å². The molecule has 0 amide bonds. The molecule has 0 radical (unpaired) electrons. The normalized spacial score (nSPS) is 17.3. The van der Waals surface area contributed by atoms with E-state index in [2.05, 4.69) is 31.9 Å². The highest BCUT2D eigenvalue weighted by Crippen LogP contribution is 2.38. The van der Waals surface area contributed by atoms with E-state index in [0.29, 0.717) is 30.3 Å². The maximum atomic E-state index is 10.5. The molecule has 9 nitrogen and oxygen atoms in total. The molecule has 3 N–H and O–H groups in total. The number of aliphatic hydroxyl groups is 1. The average Bonchev–Trinajstić information content (AvgIpc) is 3.82. The van der Waals surface area contributed by atoms with Crippen molar-refractivity contribution in [3.63, 3.8) is 0 Å². The number of hydrogen-bond acceptors (Lipinski definition) is 9. The molecule has 0 spiro atoms. The molecule has 0 bridgehead atoms. The third-order valence-corrected chi connectivity index (χ3v) is 7.56. The molecule has 1 aliphatic carbocycles. The van der Waals surface area contributed by atoms with Crippen LogP contribution in [-0.2, 0) is 0 Å². The van der Waals surface area contributed by atoms with E-state index in [1.807, 2.05) is 24.3 Å². The van der Waals surface area contributed by atoms with Crippen LogP contribution in [0.15, 0.2) is 53.8 Å². The predicted molar refractivity (Wildman–Crippen MR) is 161 cm³/mol. The summed E-state index contributed by atoms with van der Waals surface area (Å²) in [4.78, 5) is 18.6. The Hall–Kier alpha value is -3.69. The van der Waals surface area contributed by atoms with E-state index < -0.39 is 6.10 Å². The molecule has 212 valence electrons. The topological polar surface area (TPSA) is 109 Å². The zero-order chi connectivity index (χ0) is 27.9. The van der Waals surface area contributed by atoms with Crippen molar-refractivity contribution in [2.45, 2.75) is 38.2 Å². The molecular weight excluding hydrogens is 504 g/mol. The minimum atomic E-state index is -0.508. The first-order valence-electron chi connectivity index (χ1n) is 14.2. The number of benzene rings is 2. The molecule has 2 aliphatic rings. The van der Waals surface area contributed by atoms with Crippen molar-refractivity contribution in [1.82, 2.24) is 14.9 Å². The van der Waals surface area contributed by atoms with Gasteiger partial charge in [0.2, 0.25) is 0 Å². The summed E-state index contributed by atoms with van der Waals surface area (Å²) in [5.74, 6) is 2.14. The fraction of sp³-hybridized carbons (Fsp3) is 0.452. The Morgan fingerprint density at radius 2 is 1.82 bits per heavy atom. The van der Waals surface area contributed by atoms with Crippen LogP contribution in [0.3, 0.4) is 0 Å². The predicted octanol–water partition coefficient (Wildman–Crippen LogP) is 4.41.